The van der Waals surface area contributed by atoms with Gasteiger partial charge in [-0.25, -0.2) is 4.79 Å². The highest BCUT2D eigenvalue weighted by molar-refractivity contribution is 6.08. The lowest BCUT2D eigenvalue weighted by atomic mass is 10.2. The molecule has 0 saturated carbocycles. The summed E-state index contributed by atoms with van der Waals surface area (Å²) in [5.41, 5.74) is -1.78. The molecule has 0 aliphatic carbocycles. The van der Waals surface area contributed by atoms with E-state index in [4.69, 9.17) is 5.11 Å². The van der Waals surface area contributed by atoms with E-state index in [1.807, 2.05) is 0 Å². The van der Waals surface area contributed by atoms with Crippen LogP contribution in [0.2, 0.25) is 0 Å². The zero-order valence-electron chi connectivity index (χ0n) is 14.3. The zero-order valence-corrected chi connectivity index (χ0v) is 14.3. The van der Waals surface area contributed by atoms with Gasteiger partial charge >= 0.3 is 12.3 Å². The van der Waals surface area contributed by atoms with Crippen LogP contribution in [0.3, 0.4) is 0 Å². The number of anilines is 1. The number of carbonyl (C=O) groups is 2. The second-order valence-corrected chi connectivity index (χ2v) is 5.41. The number of ether oxygens (including phenoxy) is 2. The molecule has 0 radical (unpaired) electrons. The van der Waals surface area contributed by atoms with Crippen molar-refractivity contribution in [3.63, 3.8) is 0 Å². The first-order chi connectivity index (χ1) is 13.1. The van der Waals surface area contributed by atoms with Crippen molar-refractivity contribution in [3.05, 3.63) is 39.6 Å². The number of nitrogens with zero attached hydrogens (tertiary/aromatic N) is 2. The molecular weight excluding hydrogens is 391 g/mol. The maximum absolute atomic E-state index is 12.6. The number of amides is 1. The van der Waals surface area contributed by atoms with Gasteiger partial charge in [0.1, 0.15) is 5.70 Å². The van der Waals surface area contributed by atoms with Gasteiger partial charge in [-0.3, -0.25) is 14.9 Å². The Hall–Kier alpha value is -3.35. The minimum Gasteiger partial charge on any atom is -0.466 e. The van der Waals surface area contributed by atoms with Crippen molar-refractivity contribution in [2.24, 2.45) is 0 Å². The van der Waals surface area contributed by atoms with E-state index in [-0.39, 0.29) is 18.7 Å². The molecule has 1 aliphatic rings. The summed E-state index contributed by atoms with van der Waals surface area (Å²) in [5, 5.41) is 22.2. The van der Waals surface area contributed by atoms with Gasteiger partial charge in [-0.05, 0) is 6.07 Å². The summed E-state index contributed by atoms with van der Waals surface area (Å²) < 4.78 is 46.2. The Bertz CT molecular complexity index is 839. The van der Waals surface area contributed by atoms with Gasteiger partial charge in [0.25, 0.3) is 11.6 Å². The summed E-state index contributed by atoms with van der Waals surface area (Å²) in [5.74, 6) is -2.58. The van der Waals surface area contributed by atoms with E-state index in [2.05, 4.69) is 14.8 Å². The lowest BCUT2D eigenvalue weighted by Crippen LogP contribution is -2.31. The van der Waals surface area contributed by atoms with E-state index >= 15 is 0 Å². The average molecular weight is 405 g/mol. The van der Waals surface area contributed by atoms with E-state index in [9.17, 15) is 32.9 Å². The average Bonchev–Trinajstić information content (AvgIpc) is 2.91. The predicted molar refractivity (Wildman–Crippen MR) is 86.1 cm³/mol. The topological polar surface area (TPSA) is 131 Å². The lowest BCUT2D eigenvalue weighted by Gasteiger charge is -2.17. The van der Waals surface area contributed by atoms with Gasteiger partial charge in [0, 0.05) is 18.7 Å². The van der Waals surface area contributed by atoms with Crippen molar-refractivity contribution < 1.29 is 42.3 Å². The Morgan fingerprint density at radius 3 is 2.64 bits per heavy atom. The van der Waals surface area contributed by atoms with Crippen molar-refractivity contribution in [2.75, 3.05) is 32.1 Å². The van der Waals surface area contributed by atoms with Crippen LogP contribution in [0.15, 0.2) is 29.5 Å². The van der Waals surface area contributed by atoms with Crippen molar-refractivity contribution >= 4 is 23.3 Å². The summed E-state index contributed by atoms with van der Waals surface area (Å²) >= 11 is 0. The second-order valence-electron chi connectivity index (χ2n) is 5.41. The SMILES string of the molecule is COC(=O)C1=C(Nc2cc([N+](=O)[O-])ccc2OC(F)(F)F)C(=O)N(CCO)C1. The van der Waals surface area contributed by atoms with Crippen LogP contribution in [0.1, 0.15) is 0 Å². The molecule has 1 aromatic carbocycles. The van der Waals surface area contributed by atoms with Crippen molar-refractivity contribution in [2.45, 2.75) is 6.36 Å². The molecule has 0 spiro atoms. The van der Waals surface area contributed by atoms with Crippen LogP contribution in [0.5, 0.6) is 5.75 Å². The van der Waals surface area contributed by atoms with Crippen LogP contribution in [0, 0.1) is 10.1 Å². The summed E-state index contributed by atoms with van der Waals surface area (Å²) in [6, 6.07) is 2.22. The molecule has 0 fully saturated rings. The number of β-amino-alcohol motifs (C(OH)–C–C–N with tert-alkyl or cyclic N) is 1. The molecule has 152 valence electrons. The minimum atomic E-state index is -5.10. The number of benzene rings is 1. The third-order valence-corrected chi connectivity index (χ3v) is 3.61. The molecule has 13 heteroatoms. The van der Waals surface area contributed by atoms with Gasteiger partial charge in [0.05, 0.1) is 36.4 Å². The molecule has 28 heavy (non-hydrogen) atoms. The number of nitro benzene ring substituents is 1. The Morgan fingerprint density at radius 2 is 2.11 bits per heavy atom. The van der Waals surface area contributed by atoms with Gasteiger partial charge in [0.15, 0.2) is 5.75 Å². The maximum atomic E-state index is 12.6. The monoisotopic (exact) mass is 405 g/mol. The van der Waals surface area contributed by atoms with E-state index in [0.717, 1.165) is 24.1 Å². The number of aliphatic hydroxyl groups excluding tert-OH is 1. The number of hydrogen-bond donors (Lipinski definition) is 2. The third kappa shape index (κ3) is 4.68. The fourth-order valence-corrected chi connectivity index (χ4v) is 2.43. The first-order valence-electron chi connectivity index (χ1n) is 7.60. The molecule has 2 N–H and O–H groups in total. The number of esters is 1. The standard InChI is InChI=1S/C15H14F3N3O7/c1-27-14(24)9-7-20(4-5-22)13(23)12(9)19-10-6-8(21(25)26)2-3-11(10)28-15(16,17)18/h2-3,6,19,22H,4-5,7H2,1H3. The fourth-order valence-electron chi connectivity index (χ4n) is 2.43. The molecule has 1 aromatic rings. The van der Waals surface area contributed by atoms with Crippen LogP contribution in [-0.2, 0) is 14.3 Å². The summed E-state index contributed by atoms with van der Waals surface area (Å²) in [6.07, 6.45) is -5.10. The normalized spacial score (nSPS) is 14.3. The Labute approximate surface area is 155 Å². The van der Waals surface area contributed by atoms with Gasteiger partial charge in [0.2, 0.25) is 0 Å². The smallest absolute Gasteiger partial charge is 0.466 e. The highest BCUT2D eigenvalue weighted by atomic mass is 19.4. The number of hydrogen-bond acceptors (Lipinski definition) is 8. The second kappa shape index (κ2) is 8.12. The van der Waals surface area contributed by atoms with Gasteiger partial charge in [-0.1, -0.05) is 0 Å². The minimum absolute atomic E-state index is 0.147. The molecule has 1 amide bonds. The van der Waals surface area contributed by atoms with Crippen LogP contribution < -0.4 is 10.1 Å². The number of carbonyl (C=O) groups excluding carboxylic acids is 2. The lowest BCUT2D eigenvalue weighted by molar-refractivity contribution is -0.384. The highest BCUT2D eigenvalue weighted by Crippen LogP contribution is 2.35. The van der Waals surface area contributed by atoms with E-state index in [1.54, 1.807) is 0 Å². The molecule has 10 nitrogen and oxygen atoms in total. The number of alkyl halides is 3. The number of rotatable bonds is 7. The number of nitrogens with one attached hydrogen (secondary N) is 1. The first kappa shape index (κ1) is 21.0. The fraction of sp³-hybridized carbons (Fsp3) is 0.333. The molecule has 1 heterocycles. The van der Waals surface area contributed by atoms with E-state index in [1.165, 1.54) is 0 Å². The Morgan fingerprint density at radius 1 is 1.43 bits per heavy atom. The molecule has 0 atom stereocenters. The van der Waals surface area contributed by atoms with E-state index in [0.29, 0.717) is 6.07 Å². The molecule has 0 unspecified atom stereocenters. The number of nitro groups is 1. The summed E-state index contributed by atoms with van der Waals surface area (Å²) in [7, 11) is 1.04. The zero-order chi connectivity index (χ0) is 21.1. The van der Waals surface area contributed by atoms with Gasteiger partial charge < -0.3 is 24.8 Å². The predicted octanol–water partition coefficient (Wildman–Crippen LogP) is 1.17. The van der Waals surface area contributed by atoms with Crippen LogP contribution in [-0.4, -0.2) is 60.0 Å². The molecular formula is C15H14F3N3O7. The number of aliphatic hydroxyl groups is 1. The van der Waals surface area contributed by atoms with Crippen molar-refractivity contribution in [1.82, 2.24) is 4.90 Å². The Kier molecular flexibility index (Phi) is 6.08. The molecule has 0 aromatic heterocycles. The van der Waals surface area contributed by atoms with Crippen LogP contribution >= 0.6 is 0 Å². The molecule has 2 rings (SSSR count). The highest BCUT2D eigenvalue weighted by Gasteiger charge is 2.36. The van der Waals surface area contributed by atoms with E-state index < -0.39 is 52.6 Å². The number of halogens is 3. The molecule has 0 bridgehead atoms. The number of non-ortho nitro benzene ring substituents is 1. The summed E-state index contributed by atoms with van der Waals surface area (Å²) in [6.45, 7) is -0.836. The largest absolute Gasteiger partial charge is 0.573 e. The van der Waals surface area contributed by atoms with Gasteiger partial charge in [-0.2, -0.15) is 0 Å². The van der Waals surface area contributed by atoms with Crippen molar-refractivity contribution in [3.8, 4) is 5.75 Å². The van der Waals surface area contributed by atoms with Crippen LogP contribution in [0.4, 0.5) is 24.5 Å². The maximum Gasteiger partial charge on any atom is 0.573 e. The van der Waals surface area contributed by atoms with Crippen LogP contribution in [0.25, 0.3) is 0 Å². The van der Waals surface area contributed by atoms with Gasteiger partial charge in [-0.15, -0.1) is 13.2 Å². The summed E-state index contributed by atoms with van der Waals surface area (Å²) in [4.78, 5) is 35.5. The quantitative estimate of drug-likeness (QED) is 0.393. The number of methoxy groups -OCH3 is 1. The first-order valence-corrected chi connectivity index (χ1v) is 7.60. The third-order valence-electron chi connectivity index (χ3n) is 3.61. The van der Waals surface area contributed by atoms with Crippen molar-refractivity contribution in [1.29, 1.82) is 0 Å². The molecule has 1 aliphatic heterocycles. The molecule has 0 saturated heterocycles. The Balaban J connectivity index is 2.50.